The molecule has 1 fully saturated rings. The fourth-order valence-electron chi connectivity index (χ4n) is 1.87. The molecule has 2 rings (SSSR count). The minimum Gasteiger partial charge on any atom is -0.346 e. The summed E-state index contributed by atoms with van der Waals surface area (Å²) < 4.78 is 0. The van der Waals surface area contributed by atoms with E-state index in [4.69, 9.17) is 0 Å². The third-order valence-corrected chi connectivity index (χ3v) is 2.73. The number of rotatable bonds is 1. The Balaban J connectivity index is 2.29. The van der Waals surface area contributed by atoms with Crippen LogP contribution in [0.2, 0.25) is 0 Å². The van der Waals surface area contributed by atoms with Gasteiger partial charge in [-0.2, -0.15) is 0 Å². The Morgan fingerprint density at radius 3 is 3.07 bits per heavy atom. The summed E-state index contributed by atoms with van der Waals surface area (Å²) in [7, 11) is 0. The second-order valence-electron chi connectivity index (χ2n) is 4.05. The van der Waals surface area contributed by atoms with E-state index < -0.39 is 0 Å². The number of hydrogen-bond acceptors (Lipinski definition) is 4. The van der Waals surface area contributed by atoms with Gasteiger partial charge in [-0.05, 0) is 13.8 Å². The second-order valence-corrected chi connectivity index (χ2v) is 4.05. The number of anilines is 1. The van der Waals surface area contributed by atoms with E-state index in [1.165, 1.54) is 0 Å². The molecular weight excluding hydrogens is 192 g/mol. The van der Waals surface area contributed by atoms with Crippen LogP contribution in [0.4, 0.5) is 5.82 Å². The van der Waals surface area contributed by atoms with E-state index in [-0.39, 0.29) is 5.56 Å². The zero-order valence-electron chi connectivity index (χ0n) is 9.03. The molecule has 2 N–H and O–H groups in total. The van der Waals surface area contributed by atoms with Crippen LogP contribution in [0.15, 0.2) is 17.2 Å². The highest BCUT2D eigenvalue weighted by atomic mass is 16.1. The molecule has 1 aromatic rings. The number of nitrogens with zero attached hydrogens (tertiary/aromatic N) is 2. The topological polar surface area (TPSA) is 61.0 Å². The van der Waals surface area contributed by atoms with Crippen molar-refractivity contribution in [1.82, 2.24) is 15.3 Å². The molecular formula is C10H16N4O. The van der Waals surface area contributed by atoms with Crippen molar-refractivity contribution in [1.29, 1.82) is 0 Å². The first kappa shape index (κ1) is 10.2. The van der Waals surface area contributed by atoms with Gasteiger partial charge in [-0.3, -0.25) is 4.79 Å². The maximum atomic E-state index is 11.6. The van der Waals surface area contributed by atoms with Gasteiger partial charge in [0.15, 0.2) is 5.82 Å². The molecule has 0 spiro atoms. The highest BCUT2D eigenvalue weighted by Gasteiger charge is 2.24. The SMILES string of the molecule is CC1CN(c2ncc[nH]c2=O)C(C)CN1. The average molecular weight is 208 g/mol. The summed E-state index contributed by atoms with van der Waals surface area (Å²) in [5.74, 6) is 0.526. The van der Waals surface area contributed by atoms with Crippen LogP contribution in [0.25, 0.3) is 0 Å². The van der Waals surface area contributed by atoms with Crippen LogP contribution in [-0.4, -0.2) is 35.1 Å². The van der Waals surface area contributed by atoms with E-state index in [2.05, 4.69) is 34.0 Å². The van der Waals surface area contributed by atoms with Gasteiger partial charge >= 0.3 is 0 Å². The lowest BCUT2D eigenvalue weighted by molar-refractivity contribution is 0.421. The predicted octanol–water partition coefficient (Wildman–Crippen LogP) is -0.0435. The molecule has 2 unspecified atom stereocenters. The van der Waals surface area contributed by atoms with Crippen molar-refractivity contribution in [3.8, 4) is 0 Å². The lowest BCUT2D eigenvalue weighted by Gasteiger charge is -2.37. The zero-order valence-corrected chi connectivity index (χ0v) is 9.03. The summed E-state index contributed by atoms with van der Waals surface area (Å²) in [5, 5.41) is 3.37. The van der Waals surface area contributed by atoms with E-state index in [1.807, 2.05) is 0 Å². The van der Waals surface area contributed by atoms with Crippen LogP contribution in [0, 0.1) is 0 Å². The minimum absolute atomic E-state index is 0.113. The first-order valence-corrected chi connectivity index (χ1v) is 5.22. The van der Waals surface area contributed by atoms with Gasteiger partial charge in [0.1, 0.15) is 0 Å². The highest BCUT2D eigenvalue weighted by molar-refractivity contribution is 5.37. The number of hydrogen-bond donors (Lipinski definition) is 2. The van der Waals surface area contributed by atoms with Crippen LogP contribution in [0.3, 0.4) is 0 Å². The zero-order chi connectivity index (χ0) is 10.8. The normalized spacial score (nSPS) is 26.7. The molecule has 5 nitrogen and oxygen atoms in total. The Labute approximate surface area is 88.5 Å². The third kappa shape index (κ3) is 2.02. The van der Waals surface area contributed by atoms with Gasteiger partial charge in [0.25, 0.3) is 5.56 Å². The van der Waals surface area contributed by atoms with Crippen molar-refractivity contribution in [2.75, 3.05) is 18.0 Å². The fraction of sp³-hybridized carbons (Fsp3) is 0.600. The Morgan fingerprint density at radius 1 is 1.53 bits per heavy atom. The molecule has 1 aromatic heterocycles. The van der Waals surface area contributed by atoms with Crippen molar-refractivity contribution in [2.45, 2.75) is 25.9 Å². The van der Waals surface area contributed by atoms with Gasteiger partial charge in [-0.25, -0.2) is 4.98 Å². The Kier molecular flexibility index (Phi) is 2.73. The molecule has 0 amide bonds. The quantitative estimate of drug-likeness (QED) is 0.679. The molecule has 0 aliphatic carbocycles. The van der Waals surface area contributed by atoms with Crippen LogP contribution < -0.4 is 15.8 Å². The van der Waals surface area contributed by atoms with E-state index >= 15 is 0 Å². The molecule has 0 saturated carbocycles. The third-order valence-electron chi connectivity index (χ3n) is 2.73. The van der Waals surface area contributed by atoms with Gasteiger partial charge in [0, 0.05) is 37.6 Å². The molecule has 0 radical (unpaired) electrons. The van der Waals surface area contributed by atoms with Gasteiger partial charge in [-0.15, -0.1) is 0 Å². The Bertz CT molecular complexity index is 389. The Morgan fingerprint density at radius 2 is 2.33 bits per heavy atom. The molecule has 0 bridgehead atoms. The largest absolute Gasteiger partial charge is 0.346 e. The lowest BCUT2D eigenvalue weighted by Crippen LogP contribution is -2.55. The van der Waals surface area contributed by atoms with Gasteiger partial charge in [0.05, 0.1) is 0 Å². The maximum absolute atomic E-state index is 11.6. The number of piperazine rings is 1. The van der Waals surface area contributed by atoms with Crippen molar-refractivity contribution in [3.05, 3.63) is 22.7 Å². The van der Waals surface area contributed by atoms with Crippen LogP contribution in [0.5, 0.6) is 0 Å². The van der Waals surface area contributed by atoms with Crippen molar-refractivity contribution >= 4 is 5.82 Å². The number of nitrogens with one attached hydrogen (secondary N) is 2. The summed E-state index contributed by atoms with van der Waals surface area (Å²) in [4.78, 5) is 20.4. The summed E-state index contributed by atoms with van der Waals surface area (Å²) in [5.41, 5.74) is -0.113. The highest BCUT2D eigenvalue weighted by Crippen LogP contribution is 2.12. The molecule has 2 heterocycles. The standard InChI is InChI=1S/C10H16N4O/c1-7-6-14(8(2)5-13-7)9-10(15)12-4-3-11-9/h3-4,7-8,13H,5-6H2,1-2H3,(H,12,15). The van der Waals surface area contributed by atoms with Crippen LogP contribution in [-0.2, 0) is 0 Å². The number of aromatic amines is 1. The van der Waals surface area contributed by atoms with E-state index in [0.29, 0.717) is 17.9 Å². The first-order chi connectivity index (χ1) is 7.18. The number of H-pyrrole nitrogens is 1. The fourth-order valence-corrected chi connectivity index (χ4v) is 1.87. The van der Waals surface area contributed by atoms with E-state index in [0.717, 1.165) is 13.1 Å². The molecule has 1 aliphatic heterocycles. The van der Waals surface area contributed by atoms with Crippen molar-refractivity contribution < 1.29 is 0 Å². The molecule has 5 heteroatoms. The maximum Gasteiger partial charge on any atom is 0.290 e. The predicted molar refractivity (Wildman–Crippen MR) is 59.1 cm³/mol. The molecule has 1 saturated heterocycles. The summed E-state index contributed by atoms with van der Waals surface area (Å²) in [6.07, 6.45) is 3.18. The summed E-state index contributed by atoms with van der Waals surface area (Å²) in [6.45, 7) is 5.90. The van der Waals surface area contributed by atoms with E-state index in [1.54, 1.807) is 12.4 Å². The van der Waals surface area contributed by atoms with Crippen molar-refractivity contribution in [3.63, 3.8) is 0 Å². The van der Waals surface area contributed by atoms with Crippen LogP contribution >= 0.6 is 0 Å². The van der Waals surface area contributed by atoms with Crippen LogP contribution in [0.1, 0.15) is 13.8 Å². The number of aromatic nitrogens is 2. The minimum atomic E-state index is -0.113. The van der Waals surface area contributed by atoms with Gasteiger partial charge < -0.3 is 15.2 Å². The molecule has 1 aliphatic rings. The lowest BCUT2D eigenvalue weighted by atomic mass is 10.1. The Hall–Kier alpha value is -1.36. The molecule has 0 aromatic carbocycles. The van der Waals surface area contributed by atoms with Crippen molar-refractivity contribution in [2.24, 2.45) is 0 Å². The van der Waals surface area contributed by atoms with Gasteiger partial charge in [-0.1, -0.05) is 0 Å². The smallest absolute Gasteiger partial charge is 0.290 e. The summed E-state index contributed by atoms with van der Waals surface area (Å²) >= 11 is 0. The average Bonchev–Trinajstić information content (AvgIpc) is 2.23. The molecule has 15 heavy (non-hydrogen) atoms. The van der Waals surface area contributed by atoms with E-state index in [9.17, 15) is 4.79 Å². The monoisotopic (exact) mass is 208 g/mol. The van der Waals surface area contributed by atoms with Gasteiger partial charge in [0.2, 0.25) is 0 Å². The molecule has 82 valence electrons. The first-order valence-electron chi connectivity index (χ1n) is 5.22. The summed E-state index contributed by atoms with van der Waals surface area (Å²) in [6, 6.07) is 0.694. The second kappa shape index (κ2) is 4.02. The molecule has 2 atom stereocenters.